The van der Waals surface area contributed by atoms with Gasteiger partial charge in [-0.05, 0) is 35.7 Å². The molecule has 0 saturated heterocycles. The van der Waals surface area contributed by atoms with Crippen LogP contribution in [0.15, 0.2) is 42.5 Å². The highest BCUT2D eigenvalue weighted by atomic mass is 16.5. The Morgan fingerprint density at radius 3 is 2.33 bits per heavy atom. The Hall–Kier alpha value is -2.69. The number of benzene rings is 2. The first-order valence-electron chi connectivity index (χ1n) is 7.89. The average molecular weight is 328 g/mol. The van der Waals surface area contributed by atoms with E-state index in [1.165, 1.54) is 5.56 Å². The van der Waals surface area contributed by atoms with E-state index >= 15 is 0 Å². The normalized spacial score (nSPS) is 10.4. The molecule has 0 fully saturated rings. The molecular weight excluding hydrogens is 304 g/mol. The first kappa shape index (κ1) is 17.7. The lowest BCUT2D eigenvalue weighted by atomic mass is 10.0. The summed E-state index contributed by atoms with van der Waals surface area (Å²) in [7, 11) is 3.14. The third kappa shape index (κ3) is 4.65. The molecule has 0 heterocycles. The Morgan fingerprint density at radius 1 is 1.04 bits per heavy atom. The van der Waals surface area contributed by atoms with E-state index < -0.39 is 0 Å². The number of carbonyl (C=O) groups excluding carboxylic acids is 1. The van der Waals surface area contributed by atoms with Crippen LogP contribution in [0.5, 0.6) is 11.5 Å². The molecule has 5 nitrogen and oxygen atoms in total. The van der Waals surface area contributed by atoms with Gasteiger partial charge in [0, 0.05) is 11.8 Å². The molecule has 5 heteroatoms. The standard InChI is InChI=1S/C19H24N2O3/c1-13(2)14-5-7-15(8-6-14)20-12-19(22)21-17-10-9-16(23-3)11-18(17)24-4/h5-11,13,20H,12H2,1-4H3,(H,21,22). The quantitative estimate of drug-likeness (QED) is 0.810. The Labute approximate surface area is 143 Å². The summed E-state index contributed by atoms with van der Waals surface area (Å²) < 4.78 is 10.4. The minimum absolute atomic E-state index is 0.147. The lowest BCUT2D eigenvalue weighted by Crippen LogP contribution is -2.22. The minimum Gasteiger partial charge on any atom is -0.497 e. The maximum absolute atomic E-state index is 12.1. The molecular formula is C19H24N2O3. The smallest absolute Gasteiger partial charge is 0.243 e. The summed E-state index contributed by atoms with van der Waals surface area (Å²) in [5, 5.41) is 5.94. The number of rotatable bonds is 7. The predicted octanol–water partition coefficient (Wildman–Crippen LogP) is 3.88. The molecule has 0 aromatic heterocycles. The van der Waals surface area contributed by atoms with E-state index in [1.807, 2.05) is 12.1 Å². The van der Waals surface area contributed by atoms with Crippen LogP contribution in [-0.2, 0) is 4.79 Å². The van der Waals surface area contributed by atoms with Crippen LogP contribution in [-0.4, -0.2) is 26.7 Å². The molecule has 0 aliphatic rings. The van der Waals surface area contributed by atoms with Gasteiger partial charge in [-0.1, -0.05) is 26.0 Å². The largest absolute Gasteiger partial charge is 0.497 e. The molecule has 2 rings (SSSR count). The summed E-state index contributed by atoms with van der Waals surface area (Å²) in [6, 6.07) is 13.4. The zero-order valence-corrected chi connectivity index (χ0v) is 14.6. The summed E-state index contributed by atoms with van der Waals surface area (Å²) in [5.41, 5.74) is 2.80. The van der Waals surface area contributed by atoms with E-state index in [0.29, 0.717) is 23.1 Å². The van der Waals surface area contributed by atoms with Crippen LogP contribution < -0.4 is 20.1 Å². The van der Waals surface area contributed by atoms with Crippen LogP contribution in [0.25, 0.3) is 0 Å². The summed E-state index contributed by atoms with van der Waals surface area (Å²) in [6.07, 6.45) is 0. The fraction of sp³-hybridized carbons (Fsp3) is 0.316. The van der Waals surface area contributed by atoms with Crippen molar-refractivity contribution in [2.24, 2.45) is 0 Å². The van der Waals surface area contributed by atoms with Crippen molar-refractivity contribution < 1.29 is 14.3 Å². The topological polar surface area (TPSA) is 59.6 Å². The monoisotopic (exact) mass is 328 g/mol. The van der Waals surface area contributed by atoms with Crippen molar-refractivity contribution in [1.82, 2.24) is 0 Å². The van der Waals surface area contributed by atoms with Crippen LogP contribution >= 0.6 is 0 Å². The molecule has 0 aliphatic heterocycles. The Morgan fingerprint density at radius 2 is 1.75 bits per heavy atom. The van der Waals surface area contributed by atoms with Gasteiger partial charge < -0.3 is 20.1 Å². The maximum Gasteiger partial charge on any atom is 0.243 e. The Balaban J connectivity index is 1.93. The van der Waals surface area contributed by atoms with Crippen molar-refractivity contribution >= 4 is 17.3 Å². The summed E-state index contributed by atoms with van der Waals surface area (Å²) >= 11 is 0. The summed E-state index contributed by atoms with van der Waals surface area (Å²) in [5.74, 6) is 1.58. The van der Waals surface area contributed by atoms with Gasteiger partial charge in [-0.2, -0.15) is 0 Å². The SMILES string of the molecule is COc1ccc(NC(=O)CNc2ccc(C(C)C)cc2)c(OC)c1. The fourth-order valence-electron chi connectivity index (χ4n) is 2.26. The number of anilines is 2. The molecule has 0 aliphatic carbocycles. The van der Waals surface area contributed by atoms with E-state index in [4.69, 9.17) is 9.47 Å². The highest BCUT2D eigenvalue weighted by Crippen LogP contribution is 2.28. The predicted molar refractivity (Wildman–Crippen MR) is 97.2 cm³/mol. The van der Waals surface area contributed by atoms with Crippen molar-refractivity contribution in [3.8, 4) is 11.5 Å². The number of methoxy groups -OCH3 is 2. The second-order valence-electron chi connectivity index (χ2n) is 5.74. The number of hydrogen-bond acceptors (Lipinski definition) is 4. The third-order valence-electron chi connectivity index (χ3n) is 3.71. The van der Waals surface area contributed by atoms with Crippen LogP contribution in [0.2, 0.25) is 0 Å². The van der Waals surface area contributed by atoms with Gasteiger partial charge in [-0.15, -0.1) is 0 Å². The van der Waals surface area contributed by atoms with Crippen molar-refractivity contribution in [2.45, 2.75) is 19.8 Å². The molecule has 1 amide bonds. The zero-order valence-electron chi connectivity index (χ0n) is 14.6. The highest BCUT2D eigenvalue weighted by Gasteiger charge is 2.09. The molecule has 2 aromatic rings. The number of ether oxygens (including phenoxy) is 2. The molecule has 2 N–H and O–H groups in total. The second kappa shape index (κ2) is 8.24. The van der Waals surface area contributed by atoms with Gasteiger partial charge in [0.2, 0.25) is 5.91 Å². The highest BCUT2D eigenvalue weighted by molar-refractivity contribution is 5.95. The first-order valence-corrected chi connectivity index (χ1v) is 7.89. The molecule has 2 aromatic carbocycles. The third-order valence-corrected chi connectivity index (χ3v) is 3.71. The molecule has 0 bridgehead atoms. The van der Waals surface area contributed by atoms with E-state index in [9.17, 15) is 4.79 Å². The molecule has 0 spiro atoms. The van der Waals surface area contributed by atoms with Crippen LogP contribution in [0.3, 0.4) is 0 Å². The molecule has 0 saturated carbocycles. The van der Waals surface area contributed by atoms with E-state index in [0.717, 1.165) is 5.69 Å². The molecule has 0 radical (unpaired) electrons. The van der Waals surface area contributed by atoms with Crippen LogP contribution in [0.1, 0.15) is 25.3 Å². The van der Waals surface area contributed by atoms with Gasteiger partial charge in [0.1, 0.15) is 11.5 Å². The van der Waals surface area contributed by atoms with Crippen molar-refractivity contribution in [1.29, 1.82) is 0 Å². The van der Waals surface area contributed by atoms with Gasteiger partial charge in [0.05, 0.1) is 26.5 Å². The van der Waals surface area contributed by atoms with E-state index in [1.54, 1.807) is 32.4 Å². The number of hydrogen-bond donors (Lipinski definition) is 2. The second-order valence-corrected chi connectivity index (χ2v) is 5.74. The molecule has 128 valence electrons. The lowest BCUT2D eigenvalue weighted by Gasteiger charge is -2.13. The van der Waals surface area contributed by atoms with Crippen LogP contribution in [0.4, 0.5) is 11.4 Å². The van der Waals surface area contributed by atoms with E-state index in [-0.39, 0.29) is 12.5 Å². The summed E-state index contributed by atoms with van der Waals surface area (Å²) in [4.78, 5) is 12.1. The van der Waals surface area contributed by atoms with Gasteiger partial charge in [-0.3, -0.25) is 4.79 Å². The van der Waals surface area contributed by atoms with Crippen molar-refractivity contribution in [3.63, 3.8) is 0 Å². The molecule has 0 atom stereocenters. The van der Waals surface area contributed by atoms with Gasteiger partial charge in [0.15, 0.2) is 0 Å². The molecule has 24 heavy (non-hydrogen) atoms. The zero-order chi connectivity index (χ0) is 17.5. The lowest BCUT2D eigenvalue weighted by molar-refractivity contribution is -0.114. The van der Waals surface area contributed by atoms with Crippen LogP contribution in [0, 0.1) is 0 Å². The maximum atomic E-state index is 12.1. The van der Waals surface area contributed by atoms with Crippen molar-refractivity contribution in [3.05, 3.63) is 48.0 Å². The number of nitrogens with one attached hydrogen (secondary N) is 2. The Bertz CT molecular complexity index is 682. The molecule has 0 unspecified atom stereocenters. The first-order chi connectivity index (χ1) is 11.5. The van der Waals surface area contributed by atoms with Gasteiger partial charge >= 0.3 is 0 Å². The van der Waals surface area contributed by atoms with Gasteiger partial charge in [-0.25, -0.2) is 0 Å². The number of amides is 1. The summed E-state index contributed by atoms with van der Waals surface area (Å²) in [6.45, 7) is 4.48. The van der Waals surface area contributed by atoms with Gasteiger partial charge in [0.25, 0.3) is 0 Å². The minimum atomic E-state index is -0.147. The fourth-order valence-corrected chi connectivity index (χ4v) is 2.26. The van der Waals surface area contributed by atoms with E-state index in [2.05, 4.69) is 36.6 Å². The number of carbonyl (C=O) groups is 1. The average Bonchev–Trinajstić information content (AvgIpc) is 2.60. The Kier molecular flexibility index (Phi) is 6.07. The van der Waals surface area contributed by atoms with Crippen molar-refractivity contribution in [2.75, 3.05) is 31.4 Å².